The van der Waals surface area contributed by atoms with E-state index in [2.05, 4.69) is 9.97 Å². The molecule has 14 heteroatoms. The molecule has 1 aromatic carbocycles. The molecule has 0 saturated carbocycles. The Bertz CT molecular complexity index is 1210. The van der Waals surface area contributed by atoms with Gasteiger partial charge in [-0.3, -0.25) is 25.0 Å². The number of hydrogen-bond acceptors (Lipinski definition) is 10. The second kappa shape index (κ2) is 7.68. The number of nitro benzene ring substituents is 2. The molecule has 1 saturated heterocycles. The molecular formula is C17H14ClN7O6. The summed E-state index contributed by atoms with van der Waals surface area (Å²) in [6, 6.07) is 4.21. The van der Waals surface area contributed by atoms with Gasteiger partial charge >= 0.3 is 5.69 Å². The maximum atomic E-state index is 12.4. The maximum absolute atomic E-state index is 12.4. The molecule has 0 radical (unpaired) electrons. The Balaban J connectivity index is 1.67. The lowest BCUT2D eigenvalue weighted by Crippen LogP contribution is -2.49. The van der Waals surface area contributed by atoms with Crippen LogP contribution >= 0.6 is 11.6 Å². The van der Waals surface area contributed by atoms with Crippen molar-refractivity contribution in [1.82, 2.24) is 14.9 Å². The minimum atomic E-state index is -0.839. The van der Waals surface area contributed by atoms with Crippen LogP contribution in [0.3, 0.4) is 0 Å². The quantitative estimate of drug-likeness (QED) is 0.461. The van der Waals surface area contributed by atoms with Crippen molar-refractivity contribution in [3.05, 3.63) is 55.5 Å². The number of rotatable bonds is 4. The number of nitrogen functional groups attached to an aromatic ring is 1. The molecule has 2 N–H and O–H groups in total. The fourth-order valence-electron chi connectivity index (χ4n) is 3.33. The van der Waals surface area contributed by atoms with E-state index < -0.39 is 26.2 Å². The van der Waals surface area contributed by atoms with Crippen molar-refractivity contribution >= 4 is 51.6 Å². The van der Waals surface area contributed by atoms with Crippen LogP contribution in [0, 0.1) is 20.2 Å². The molecule has 0 bridgehead atoms. The molecule has 0 unspecified atom stereocenters. The van der Waals surface area contributed by atoms with Crippen molar-refractivity contribution in [3.63, 3.8) is 0 Å². The molecule has 2 aromatic heterocycles. The molecule has 0 spiro atoms. The van der Waals surface area contributed by atoms with E-state index in [1.54, 1.807) is 21.9 Å². The number of nitro groups is 2. The number of fused-ring (bicyclic) bond motifs is 1. The summed E-state index contributed by atoms with van der Waals surface area (Å²) in [6.45, 7) is 1.35. The number of halogens is 1. The van der Waals surface area contributed by atoms with Gasteiger partial charge in [0.1, 0.15) is 5.82 Å². The summed E-state index contributed by atoms with van der Waals surface area (Å²) >= 11 is 5.92. The Hall–Kier alpha value is -4.00. The van der Waals surface area contributed by atoms with Crippen molar-refractivity contribution in [1.29, 1.82) is 0 Å². The first-order valence-electron chi connectivity index (χ1n) is 8.94. The Morgan fingerprint density at radius 2 is 1.87 bits per heavy atom. The Kier molecular flexibility index (Phi) is 5.02. The van der Waals surface area contributed by atoms with Gasteiger partial charge in [-0.15, -0.1) is 0 Å². The lowest BCUT2D eigenvalue weighted by atomic mass is 10.1. The summed E-state index contributed by atoms with van der Waals surface area (Å²) < 4.78 is 5.13. The number of carbonyl (C=O) groups excluding carboxylic acids is 1. The van der Waals surface area contributed by atoms with Crippen molar-refractivity contribution in [2.75, 3.05) is 36.8 Å². The van der Waals surface area contributed by atoms with E-state index in [0.29, 0.717) is 26.2 Å². The van der Waals surface area contributed by atoms with Crippen LogP contribution in [0.5, 0.6) is 0 Å². The predicted octanol–water partition coefficient (Wildman–Crippen LogP) is 2.24. The van der Waals surface area contributed by atoms with E-state index >= 15 is 0 Å². The van der Waals surface area contributed by atoms with E-state index in [-0.39, 0.29) is 34.3 Å². The average Bonchev–Trinajstić information content (AvgIpc) is 3.27. The SMILES string of the molecule is Nc1nc(N2CCN(C(=O)c3ccco3)CC2)nc2c([N+](=O)[O-])c(Cl)c([N+](=O)[O-])cc12. The summed E-state index contributed by atoms with van der Waals surface area (Å²) in [5, 5.41) is 22.1. The minimum Gasteiger partial charge on any atom is -0.459 e. The lowest BCUT2D eigenvalue weighted by Gasteiger charge is -2.34. The normalized spacial score (nSPS) is 14.1. The van der Waals surface area contributed by atoms with E-state index in [9.17, 15) is 25.0 Å². The number of nitrogens with zero attached hydrogens (tertiary/aromatic N) is 6. The molecule has 0 aliphatic carbocycles. The number of amides is 1. The van der Waals surface area contributed by atoms with Gasteiger partial charge in [0.25, 0.3) is 11.6 Å². The second-order valence-electron chi connectivity index (χ2n) is 6.63. The van der Waals surface area contributed by atoms with Crippen LogP contribution in [0.2, 0.25) is 5.02 Å². The highest BCUT2D eigenvalue weighted by Crippen LogP contribution is 2.41. The summed E-state index contributed by atoms with van der Waals surface area (Å²) in [5.74, 6) is -0.0788. The van der Waals surface area contributed by atoms with Crippen LogP contribution in [-0.2, 0) is 0 Å². The van der Waals surface area contributed by atoms with Gasteiger partial charge in [-0.25, -0.2) is 4.98 Å². The standard InChI is InChI=1S/C17H14ClN7O6/c18-12-10(24(27)28)8-9-13(14(12)25(29)30)20-17(21-15(9)19)23-5-3-22(4-6-23)16(26)11-2-1-7-31-11/h1-2,7-8H,3-6H2,(H2,19,20,21). The number of aromatic nitrogens is 2. The summed E-state index contributed by atoms with van der Waals surface area (Å²) in [6.07, 6.45) is 1.41. The van der Waals surface area contributed by atoms with Crippen molar-refractivity contribution in [2.45, 2.75) is 0 Å². The zero-order valence-corrected chi connectivity index (χ0v) is 16.5. The highest BCUT2D eigenvalue weighted by atomic mass is 35.5. The smallest absolute Gasteiger partial charge is 0.321 e. The Morgan fingerprint density at radius 1 is 1.16 bits per heavy atom. The Labute approximate surface area is 178 Å². The van der Waals surface area contributed by atoms with Crippen molar-refractivity contribution in [2.24, 2.45) is 0 Å². The topological polar surface area (TPSA) is 175 Å². The van der Waals surface area contributed by atoms with Crippen molar-refractivity contribution in [3.8, 4) is 0 Å². The number of benzene rings is 1. The fraction of sp³-hybridized carbons (Fsp3) is 0.235. The number of furan rings is 1. The predicted molar refractivity (Wildman–Crippen MR) is 109 cm³/mol. The van der Waals surface area contributed by atoms with Crippen LogP contribution in [-0.4, -0.2) is 56.8 Å². The largest absolute Gasteiger partial charge is 0.459 e. The zero-order valence-electron chi connectivity index (χ0n) is 15.7. The van der Waals surface area contributed by atoms with E-state index in [0.717, 1.165) is 6.07 Å². The van der Waals surface area contributed by atoms with Gasteiger partial charge in [-0.05, 0) is 12.1 Å². The highest BCUT2D eigenvalue weighted by molar-refractivity contribution is 6.36. The van der Waals surface area contributed by atoms with Gasteiger partial charge in [0.05, 0.1) is 21.5 Å². The van der Waals surface area contributed by atoms with Crippen LogP contribution in [0.15, 0.2) is 28.9 Å². The third-order valence-corrected chi connectivity index (χ3v) is 5.24. The van der Waals surface area contributed by atoms with Gasteiger partial charge in [-0.2, -0.15) is 4.98 Å². The third-order valence-electron chi connectivity index (χ3n) is 4.86. The lowest BCUT2D eigenvalue weighted by molar-refractivity contribution is -0.392. The molecule has 0 atom stereocenters. The molecule has 3 heterocycles. The van der Waals surface area contributed by atoms with E-state index in [1.165, 1.54) is 6.26 Å². The number of carbonyl (C=O) groups is 1. The van der Waals surface area contributed by atoms with Crippen LogP contribution < -0.4 is 10.6 Å². The van der Waals surface area contributed by atoms with Gasteiger partial charge < -0.3 is 20.0 Å². The van der Waals surface area contributed by atoms with Crippen molar-refractivity contribution < 1.29 is 19.1 Å². The van der Waals surface area contributed by atoms with E-state index in [1.807, 2.05) is 0 Å². The monoisotopic (exact) mass is 447 g/mol. The maximum Gasteiger partial charge on any atom is 0.321 e. The van der Waals surface area contributed by atoms with Crippen LogP contribution in [0.4, 0.5) is 23.1 Å². The van der Waals surface area contributed by atoms with Gasteiger partial charge in [0.15, 0.2) is 16.3 Å². The first kappa shape index (κ1) is 20.3. The summed E-state index contributed by atoms with van der Waals surface area (Å²) in [4.78, 5) is 45.2. The summed E-state index contributed by atoms with van der Waals surface area (Å²) in [7, 11) is 0. The van der Waals surface area contributed by atoms with Crippen LogP contribution in [0.1, 0.15) is 10.6 Å². The molecule has 1 fully saturated rings. The molecule has 3 aromatic rings. The molecule has 1 aliphatic rings. The van der Waals surface area contributed by atoms with Crippen LogP contribution in [0.25, 0.3) is 10.9 Å². The minimum absolute atomic E-state index is 0.0433. The fourth-order valence-corrected chi connectivity index (χ4v) is 3.61. The number of piperazine rings is 1. The van der Waals surface area contributed by atoms with Gasteiger partial charge in [-0.1, -0.05) is 11.6 Å². The number of anilines is 2. The second-order valence-corrected chi connectivity index (χ2v) is 7.01. The Morgan fingerprint density at radius 3 is 2.45 bits per heavy atom. The first-order valence-corrected chi connectivity index (χ1v) is 9.32. The first-order chi connectivity index (χ1) is 14.8. The third kappa shape index (κ3) is 3.54. The molecule has 1 amide bonds. The van der Waals surface area contributed by atoms with Gasteiger partial charge in [0.2, 0.25) is 5.95 Å². The number of hydrogen-bond donors (Lipinski definition) is 1. The van der Waals surface area contributed by atoms with Gasteiger partial charge in [0, 0.05) is 32.2 Å². The zero-order chi connectivity index (χ0) is 22.3. The molecular weight excluding hydrogens is 434 g/mol. The molecule has 1 aliphatic heterocycles. The highest BCUT2D eigenvalue weighted by Gasteiger charge is 2.31. The molecule has 31 heavy (non-hydrogen) atoms. The average molecular weight is 448 g/mol. The molecule has 4 rings (SSSR count). The molecule has 160 valence electrons. The van der Waals surface area contributed by atoms with E-state index in [4.69, 9.17) is 21.8 Å². The summed E-state index contributed by atoms with van der Waals surface area (Å²) in [5.41, 5.74) is 4.38. The number of nitrogens with two attached hydrogens (primary N) is 1. The molecule has 13 nitrogen and oxygen atoms in total.